The van der Waals surface area contributed by atoms with Crippen molar-refractivity contribution < 1.29 is 14.8 Å². The van der Waals surface area contributed by atoms with E-state index in [0.29, 0.717) is 30.8 Å². The standard InChI is InChI=1S/C13H17N3O4/c1-8(17)9-2-3-11(12(6-9)16(19)20)15-5-4-10(7-15)13(14)18/h2-3,6,8,10,17H,4-5,7H2,1H3,(H2,14,18)/t8-,10?/m0/s1. The van der Waals surface area contributed by atoms with Gasteiger partial charge in [0.15, 0.2) is 0 Å². The van der Waals surface area contributed by atoms with Gasteiger partial charge in [0.05, 0.1) is 16.9 Å². The van der Waals surface area contributed by atoms with Crippen LogP contribution in [0.3, 0.4) is 0 Å². The summed E-state index contributed by atoms with van der Waals surface area (Å²) < 4.78 is 0. The molecule has 1 heterocycles. The number of amides is 1. The molecule has 1 aromatic carbocycles. The molecule has 7 heteroatoms. The maximum atomic E-state index is 11.2. The van der Waals surface area contributed by atoms with Crippen LogP contribution in [-0.2, 0) is 4.79 Å². The van der Waals surface area contributed by atoms with Crippen molar-refractivity contribution in [3.8, 4) is 0 Å². The van der Waals surface area contributed by atoms with Crippen LogP contribution >= 0.6 is 0 Å². The molecule has 7 nitrogen and oxygen atoms in total. The molecule has 1 unspecified atom stereocenters. The summed E-state index contributed by atoms with van der Waals surface area (Å²) in [5, 5.41) is 20.7. The summed E-state index contributed by atoms with van der Waals surface area (Å²) in [5.41, 5.74) is 6.16. The highest BCUT2D eigenvalue weighted by Gasteiger charge is 2.30. The third-order valence-corrected chi connectivity index (χ3v) is 3.61. The number of aliphatic hydroxyl groups excluding tert-OH is 1. The lowest BCUT2D eigenvalue weighted by atomic mass is 10.1. The van der Waals surface area contributed by atoms with Crippen molar-refractivity contribution in [2.45, 2.75) is 19.4 Å². The second-order valence-electron chi connectivity index (χ2n) is 5.02. The van der Waals surface area contributed by atoms with Crippen LogP contribution < -0.4 is 10.6 Å². The Hall–Kier alpha value is -2.15. The van der Waals surface area contributed by atoms with Crippen molar-refractivity contribution in [3.63, 3.8) is 0 Å². The zero-order chi connectivity index (χ0) is 14.9. The monoisotopic (exact) mass is 279 g/mol. The molecule has 1 aliphatic rings. The Bertz CT molecular complexity index is 544. The lowest BCUT2D eigenvalue weighted by Gasteiger charge is -2.19. The smallest absolute Gasteiger partial charge is 0.292 e. The molecule has 0 aliphatic carbocycles. The van der Waals surface area contributed by atoms with Gasteiger partial charge in [-0.25, -0.2) is 0 Å². The van der Waals surface area contributed by atoms with E-state index in [-0.39, 0.29) is 17.5 Å². The molecule has 3 N–H and O–H groups in total. The summed E-state index contributed by atoms with van der Waals surface area (Å²) >= 11 is 0. The quantitative estimate of drug-likeness (QED) is 0.630. The van der Waals surface area contributed by atoms with Crippen LogP contribution in [0.15, 0.2) is 18.2 Å². The number of nitro benzene ring substituents is 1. The first kappa shape index (κ1) is 14.3. The molecule has 2 rings (SSSR count). The van der Waals surface area contributed by atoms with E-state index < -0.39 is 11.0 Å². The van der Waals surface area contributed by atoms with E-state index in [4.69, 9.17) is 5.73 Å². The molecule has 1 aliphatic heterocycles. The third-order valence-electron chi connectivity index (χ3n) is 3.61. The lowest BCUT2D eigenvalue weighted by Crippen LogP contribution is -2.27. The second kappa shape index (κ2) is 5.46. The highest BCUT2D eigenvalue weighted by atomic mass is 16.6. The molecule has 1 aromatic rings. The maximum absolute atomic E-state index is 11.2. The number of hydrogen-bond acceptors (Lipinski definition) is 5. The van der Waals surface area contributed by atoms with Crippen molar-refractivity contribution in [2.24, 2.45) is 11.7 Å². The minimum absolute atomic E-state index is 0.0616. The number of hydrogen-bond donors (Lipinski definition) is 2. The van der Waals surface area contributed by atoms with Crippen LogP contribution in [0.1, 0.15) is 25.0 Å². The summed E-state index contributed by atoms with van der Waals surface area (Å²) in [6, 6.07) is 4.64. The molecule has 0 aromatic heterocycles. The Morgan fingerprint density at radius 1 is 1.60 bits per heavy atom. The molecule has 2 atom stereocenters. The van der Waals surface area contributed by atoms with Crippen LogP contribution in [0.5, 0.6) is 0 Å². The first-order valence-electron chi connectivity index (χ1n) is 6.41. The number of carbonyl (C=O) groups is 1. The number of anilines is 1. The minimum Gasteiger partial charge on any atom is -0.389 e. The van der Waals surface area contributed by atoms with Gasteiger partial charge in [-0.05, 0) is 25.0 Å². The van der Waals surface area contributed by atoms with Crippen molar-refractivity contribution in [1.82, 2.24) is 0 Å². The van der Waals surface area contributed by atoms with Gasteiger partial charge in [-0.1, -0.05) is 6.07 Å². The zero-order valence-corrected chi connectivity index (χ0v) is 11.2. The van der Waals surface area contributed by atoms with E-state index in [1.54, 1.807) is 24.0 Å². The molecule has 20 heavy (non-hydrogen) atoms. The van der Waals surface area contributed by atoms with Gasteiger partial charge in [0.1, 0.15) is 5.69 Å². The normalized spacial score (nSPS) is 19.9. The summed E-state index contributed by atoms with van der Waals surface area (Å²) in [7, 11) is 0. The number of nitrogens with zero attached hydrogens (tertiary/aromatic N) is 2. The number of rotatable bonds is 4. The number of primary amides is 1. The van der Waals surface area contributed by atoms with Gasteiger partial charge < -0.3 is 15.7 Å². The topological polar surface area (TPSA) is 110 Å². The maximum Gasteiger partial charge on any atom is 0.292 e. The Morgan fingerprint density at radius 3 is 2.80 bits per heavy atom. The van der Waals surface area contributed by atoms with Gasteiger partial charge in [0, 0.05) is 19.2 Å². The second-order valence-corrected chi connectivity index (χ2v) is 5.02. The molecular weight excluding hydrogens is 262 g/mol. The van der Waals surface area contributed by atoms with E-state index in [9.17, 15) is 20.0 Å². The number of aliphatic hydroxyl groups is 1. The fourth-order valence-electron chi connectivity index (χ4n) is 2.43. The highest BCUT2D eigenvalue weighted by molar-refractivity contribution is 5.78. The molecule has 0 radical (unpaired) electrons. The van der Waals surface area contributed by atoms with Gasteiger partial charge in [0.25, 0.3) is 5.69 Å². The van der Waals surface area contributed by atoms with Crippen molar-refractivity contribution in [3.05, 3.63) is 33.9 Å². The molecule has 0 spiro atoms. The van der Waals surface area contributed by atoms with Crippen LogP contribution in [0.25, 0.3) is 0 Å². The van der Waals surface area contributed by atoms with E-state index in [1.165, 1.54) is 6.07 Å². The van der Waals surface area contributed by atoms with Crippen molar-refractivity contribution in [2.75, 3.05) is 18.0 Å². The molecule has 1 saturated heterocycles. The van der Waals surface area contributed by atoms with Gasteiger partial charge in [-0.2, -0.15) is 0 Å². The van der Waals surface area contributed by atoms with E-state index in [1.807, 2.05) is 0 Å². The SMILES string of the molecule is C[C@H](O)c1ccc(N2CCC(C(N)=O)C2)c([N+](=O)[O-])c1. The highest BCUT2D eigenvalue weighted by Crippen LogP contribution is 2.34. The fourth-order valence-corrected chi connectivity index (χ4v) is 2.43. The average Bonchev–Trinajstić information content (AvgIpc) is 2.87. The Kier molecular flexibility index (Phi) is 3.89. The fraction of sp³-hybridized carbons (Fsp3) is 0.462. The minimum atomic E-state index is -0.764. The number of nitrogens with two attached hydrogens (primary N) is 1. The third kappa shape index (κ3) is 2.72. The molecule has 0 saturated carbocycles. The summed E-state index contributed by atoms with van der Waals surface area (Å²) in [6.07, 6.45) is -0.162. The van der Waals surface area contributed by atoms with Gasteiger partial charge in [-0.3, -0.25) is 14.9 Å². The zero-order valence-electron chi connectivity index (χ0n) is 11.2. The summed E-state index contributed by atoms with van der Waals surface area (Å²) in [4.78, 5) is 23.7. The van der Waals surface area contributed by atoms with Crippen LogP contribution in [0.4, 0.5) is 11.4 Å². The van der Waals surface area contributed by atoms with Gasteiger partial charge in [0.2, 0.25) is 5.91 Å². The van der Waals surface area contributed by atoms with E-state index in [0.717, 1.165) is 0 Å². The molecular formula is C13H17N3O4. The van der Waals surface area contributed by atoms with E-state index in [2.05, 4.69) is 0 Å². The van der Waals surface area contributed by atoms with Crippen LogP contribution in [0.2, 0.25) is 0 Å². The van der Waals surface area contributed by atoms with Gasteiger partial charge >= 0.3 is 0 Å². The number of nitro groups is 1. The lowest BCUT2D eigenvalue weighted by molar-refractivity contribution is -0.384. The summed E-state index contributed by atoms with van der Waals surface area (Å²) in [5.74, 6) is -0.651. The Morgan fingerprint density at radius 2 is 2.30 bits per heavy atom. The molecule has 0 bridgehead atoms. The molecule has 108 valence electrons. The first-order chi connectivity index (χ1) is 9.40. The largest absolute Gasteiger partial charge is 0.389 e. The molecule has 1 fully saturated rings. The molecule has 1 amide bonds. The van der Waals surface area contributed by atoms with Crippen molar-refractivity contribution in [1.29, 1.82) is 0 Å². The predicted octanol–water partition coefficient (Wildman–Crippen LogP) is 0.960. The predicted molar refractivity (Wildman–Crippen MR) is 73.2 cm³/mol. The first-order valence-corrected chi connectivity index (χ1v) is 6.41. The van der Waals surface area contributed by atoms with E-state index >= 15 is 0 Å². The van der Waals surface area contributed by atoms with Crippen LogP contribution in [-0.4, -0.2) is 29.0 Å². The van der Waals surface area contributed by atoms with Gasteiger partial charge in [-0.15, -0.1) is 0 Å². The summed E-state index contributed by atoms with van der Waals surface area (Å²) in [6.45, 7) is 2.50. The number of carbonyl (C=O) groups excluding carboxylic acids is 1. The number of benzene rings is 1. The average molecular weight is 279 g/mol. The Balaban J connectivity index is 2.32. The van der Waals surface area contributed by atoms with Crippen LogP contribution in [0, 0.1) is 16.0 Å². The van der Waals surface area contributed by atoms with Crippen molar-refractivity contribution >= 4 is 17.3 Å². The Labute approximate surface area is 116 Å².